The van der Waals surface area contributed by atoms with Gasteiger partial charge in [-0.05, 0) is 30.4 Å². The maximum absolute atomic E-state index is 13.1. The number of rotatable bonds is 16. The van der Waals surface area contributed by atoms with E-state index in [0.29, 0.717) is 12.0 Å². The van der Waals surface area contributed by atoms with Crippen molar-refractivity contribution in [2.75, 3.05) is 6.54 Å². The van der Waals surface area contributed by atoms with Gasteiger partial charge in [-0.1, -0.05) is 32.0 Å². The molecule has 4 atom stereocenters. The van der Waals surface area contributed by atoms with Crippen molar-refractivity contribution in [3.05, 3.63) is 36.0 Å². The molecular weight excluding hydrogens is 536 g/mol. The number of carbonyl (C=O) groups excluding carboxylic acids is 3. The Kier molecular flexibility index (Phi) is 12.1. The van der Waals surface area contributed by atoms with Gasteiger partial charge in [0, 0.05) is 30.1 Å². The van der Waals surface area contributed by atoms with Crippen LogP contribution < -0.4 is 33.2 Å². The summed E-state index contributed by atoms with van der Waals surface area (Å²) in [7, 11) is 0. The fraction of sp³-hybridized carbons (Fsp3) is 0.462. The molecule has 4 unspecified atom stereocenters. The average Bonchev–Trinajstić information content (AvgIpc) is 3.30. The second-order valence-electron chi connectivity index (χ2n) is 9.91. The summed E-state index contributed by atoms with van der Waals surface area (Å²) in [6.07, 6.45) is 1.36. The third-order valence-electron chi connectivity index (χ3n) is 6.28. The molecule has 15 heteroatoms. The number of hydrogen-bond donors (Lipinski definition) is 9. The van der Waals surface area contributed by atoms with Crippen molar-refractivity contribution in [3.8, 4) is 0 Å². The molecule has 3 amide bonds. The Balaban J connectivity index is 2.10. The van der Waals surface area contributed by atoms with E-state index in [4.69, 9.17) is 17.2 Å². The minimum absolute atomic E-state index is 0.0906. The summed E-state index contributed by atoms with van der Waals surface area (Å²) in [6, 6.07) is 2.06. The molecule has 0 aliphatic heterocycles. The number of aliphatic carboxylic acids is 2. The van der Waals surface area contributed by atoms with E-state index in [2.05, 4.69) is 25.9 Å². The summed E-state index contributed by atoms with van der Waals surface area (Å²) in [5.41, 5.74) is 17.8. The predicted octanol–water partition coefficient (Wildman–Crippen LogP) is -1.24. The van der Waals surface area contributed by atoms with Crippen molar-refractivity contribution in [3.63, 3.8) is 0 Å². The lowest BCUT2D eigenvalue weighted by molar-refractivity contribution is -0.143. The Morgan fingerprint density at radius 1 is 0.951 bits per heavy atom. The van der Waals surface area contributed by atoms with Gasteiger partial charge >= 0.3 is 11.9 Å². The van der Waals surface area contributed by atoms with Gasteiger partial charge in [0.25, 0.3) is 0 Å². The summed E-state index contributed by atoms with van der Waals surface area (Å²) >= 11 is 0. The molecule has 2 aromatic rings. The van der Waals surface area contributed by atoms with Crippen LogP contribution in [-0.4, -0.2) is 81.5 Å². The van der Waals surface area contributed by atoms with Gasteiger partial charge in [0.05, 0.1) is 12.5 Å². The van der Waals surface area contributed by atoms with Crippen LogP contribution in [0, 0.1) is 5.92 Å². The summed E-state index contributed by atoms with van der Waals surface area (Å²) in [5, 5.41) is 27.1. The van der Waals surface area contributed by atoms with Crippen LogP contribution in [-0.2, 0) is 30.4 Å². The lowest BCUT2D eigenvalue weighted by Crippen LogP contribution is -2.58. The Morgan fingerprint density at radius 2 is 1.61 bits per heavy atom. The van der Waals surface area contributed by atoms with Gasteiger partial charge in [0.2, 0.25) is 17.7 Å². The van der Waals surface area contributed by atoms with Gasteiger partial charge in [0.15, 0.2) is 5.96 Å². The Labute approximate surface area is 236 Å². The molecule has 0 aliphatic rings. The Morgan fingerprint density at radius 3 is 2.22 bits per heavy atom. The molecule has 15 nitrogen and oxygen atoms in total. The van der Waals surface area contributed by atoms with Crippen molar-refractivity contribution >= 4 is 46.5 Å². The zero-order valence-corrected chi connectivity index (χ0v) is 22.9. The van der Waals surface area contributed by atoms with Gasteiger partial charge in [-0.2, -0.15) is 0 Å². The fourth-order valence-electron chi connectivity index (χ4n) is 4.08. The zero-order chi connectivity index (χ0) is 30.7. The van der Waals surface area contributed by atoms with Crippen molar-refractivity contribution in [2.45, 2.75) is 63.7 Å². The molecule has 0 fully saturated rings. The number of nitrogens with one attached hydrogen (secondary N) is 4. The summed E-state index contributed by atoms with van der Waals surface area (Å²) in [6.45, 7) is 3.55. The third-order valence-corrected chi connectivity index (χ3v) is 6.28. The van der Waals surface area contributed by atoms with Crippen LogP contribution in [0.4, 0.5) is 0 Å². The topological polar surface area (TPSA) is 268 Å². The monoisotopic (exact) mass is 574 g/mol. The number of carbonyl (C=O) groups is 5. The van der Waals surface area contributed by atoms with E-state index in [0.717, 1.165) is 10.9 Å². The first-order chi connectivity index (χ1) is 19.3. The maximum atomic E-state index is 13.1. The van der Waals surface area contributed by atoms with Crippen LogP contribution in [0.2, 0.25) is 0 Å². The number of guanidine groups is 1. The highest BCUT2D eigenvalue weighted by Gasteiger charge is 2.33. The molecule has 12 N–H and O–H groups in total. The highest BCUT2D eigenvalue weighted by atomic mass is 16.4. The minimum Gasteiger partial charge on any atom is -0.481 e. The highest BCUT2D eigenvalue weighted by molar-refractivity contribution is 5.96. The molecule has 0 saturated heterocycles. The first kappa shape index (κ1) is 32.6. The van der Waals surface area contributed by atoms with Gasteiger partial charge < -0.3 is 48.3 Å². The van der Waals surface area contributed by atoms with Crippen molar-refractivity contribution in [1.82, 2.24) is 20.9 Å². The number of nitrogens with zero attached hydrogens (tertiary/aromatic N) is 1. The Bertz CT molecular complexity index is 1270. The van der Waals surface area contributed by atoms with Crippen molar-refractivity contribution < 1.29 is 34.2 Å². The number of H-pyrrole nitrogens is 1. The first-order valence-corrected chi connectivity index (χ1v) is 13.0. The lowest BCUT2D eigenvalue weighted by Gasteiger charge is -2.26. The van der Waals surface area contributed by atoms with Crippen LogP contribution in [0.5, 0.6) is 0 Å². The fourth-order valence-corrected chi connectivity index (χ4v) is 4.08. The van der Waals surface area contributed by atoms with Crippen molar-refractivity contribution in [2.24, 2.45) is 28.1 Å². The molecule has 0 aliphatic carbocycles. The molecule has 1 aromatic carbocycles. The average molecular weight is 575 g/mol. The molecule has 2 rings (SSSR count). The molecule has 224 valence electrons. The molecule has 0 saturated carbocycles. The molecule has 1 heterocycles. The van der Waals surface area contributed by atoms with Crippen molar-refractivity contribution in [1.29, 1.82) is 0 Å². The number of benzene rings is 1. The van der Waals surface area contributed by atoms with Crippen LogP contribution >= 0.6 is 0 Å². The van der Waals surface area contributed by atoms with E-state index < -0.39 is 66.2 Å². The largest absolute Gasteiger partial charge is 0.481 e. The van der Waals surface area contributed by atoms with Crippen LogP contribution in [0.1, 0.15) is 38.7 Å². The number of amides is 3. The molecular formula is C26H38N8O7. The van der Waals surface area contributed by atoms with Crippen LogP contribution in [0.3, 0.4) is 0 Å². The number of carboxylic acids is 2. The van der Waals surface area contributed by atoms with Crippen LogP contribution in [0.15, 0.2) is 35.5 Å². The molecule has 0 spiro atoms. The van der Waals surface area contributed by atoms with E-state index in [1.54, 1.807) is 32.2 Å². The SMILES string of the molecule is CC(C)C(NC(=O)C(N)CCCN=C(N)N)C(=O)NC(CC(=O)O)C(=O)NC(Cc1c[nH]c2ccccc12)C(=O)O. The van der Waals surface area contributed by atoms with Gasteiger partial charge in [-0.15, -0.1) is 0 Å². The van der Waals surface area contributed by atoms with E-state index >= 15 is 0 Å². The van der Waals surface area contributed by atoms with E-state index in [1.165, 1.54) is 0 Å². The second-order valence-corrected chi connectivity index (χ2v) is 9.91. The number of aromatic amines is 1. The number of aromatic nitrogens is 1. The number of nitrogens with two attached hydrogens (primary N) is 3. The highest BCUT2D eigenvalue weighted by Crippen LogP contribution is 2.19. The normalized spacial score (nSPS) is 14.0. The lowest BCUT2D eigenvalue weighted by atomic mass is 10.0. The zero-order valence-electron chi connectivity index (χ0n) is 22.9. The third kappa shape index (κ3) is 10.1. The number of hydrogen-bond acceptors (Lipinski definition) is 7. The van der Waals surface area contributed by atoms with Gasteiger partial charge in [-0.25, -0.2) is 4.79 Å². The maximum Gasteiger partial charge on any atom is 0.326 e. The standard InChI is InChI=1S/C26H38N8O7/c1-13(2)21(34-22(37)16(27)7-5-9-30-26(28)29)24(39)32-18(11-20(35)36)23(38)33-19(25(40)41)10-14-12-31-17-8-4-3-6-15(14)17/h3-4,6,8,12-13,16,18-19,21,31H,5,7,9-11,27H2,1-2H3,(H,32,39)(H,33,38)(H,34,37)(H,35,36)(H,40,41)(H4,28,29,30). The summed E-state index contributed by atoms with van der Waals surface area (Å²) in [4.78, 5) is 69.0. The molecule has 0 radical (unpaired) electrons. The molecule has 1 aromatic heterocycles. The number of fused-ring (bicyclic) bond motifs is 1. The summed E-state index contributed by atoms with van der Waals surface area (Å²) < 4.78 is 0. The number of aliphatic imine (C=N–C) groups is 1. The van der Waals surface area contributed by atoms with Gasteiger partial charge in [-0.3, -0.25) is 24.2 Å². The molecule has 41 heavy (non-hydrogen) atoms. The predicted molar refractivity (Wildman–Crippen MR) is 150 cm³/mol. The number of para-hydroxylation sites is 1. The minimum atomic E-state index is -1.61. The summed E-state index contributed by atoms with van der Waals surface area (Å²) in [5.74, 6) is -5.76. The van der Waals surface area contributed by atoms with E-state index in [9.17, 15) is 34.2 Å². The quantitative estimate of drug-likeness (QED) is 0.0653. The Hall–Kier alpha value is -4.66. The van der Waals surface area contributed by atoms with Crippen LogP contribution in [0.25, 0.3) is 10.9 Å². The second kappa shape index (κ2) is 15.2. The smallest absolute Gasteiger partial charge is 0.326 e. The van der Waals surface area contributed by atoms with E-state index in [-0.39, 0.29) is 25.3 Å². The molecule has 0 bridgehead atoms. The van der Waals surface area contributed by atoms with Gasteiger partial charge in [0.1, 0.15) is 18.1 Å². The number of carboxylic acid groups (broad SMARTS) is 2. The van der Waals surface area contributed by atoms with E-state index in [1.807, 2.05) is 12.1 Å². The first-order valence-electron chi connectivity index (χ1n) is 13.0.